The van der Waals surface area contributed by atoms with E-state index in [0.29, 0.717) is 23.2 Å². The number of piperazine rings is 1. The topological polar surface area (TPSA) is 118 Å². The zero-order valence-corrected chi connectivity index (χ0v) is 24.5. The number of furan rings is 1. The Morgan fingerprint density at radius 3 is 2.32 bits per heavy atom. The van der Waals surface area contributed by atoms with Gasteiger partial charge in [-0.15, -0.1) is 11.7 Å². The number of nitrogens with zero attached hydrogens (tertiary/aromatic N) is 6. The highest BCUT2D eigenvalue weighted by atomic mass is 16.5. The van der Waals surface area contributed by atoms with Crippen LogP contribution in [0, 0.1) is 0 Å². The molecule has 214 valence electrons. The van der Waals surface area contributed by atoms with Gasteiger partial charge in [0, 0.05) is 52.5 Å². The Hall–Kier alpha value is -2.95. The van der Waals surface area contributed by atoms with Crippen LogP contribution in [-0.2, 0) is 4.74 Å². The fourth-order valence-electron chi connectivity index (χ4n) is 3.41. The number of nitrogens with two attached hydrogens (primary N) is 1. The SMILES string of the molecule is C=CCC.CC.CC(C)(O)CCN1CCN(c2cc3nc(-c4ccco4)nn3c(N)n2)CC1.CCCOC. The van der Waals surface area contributed by atoms with Crippen LogP contribution in [0.2, 0.25) is 0 Å². The van der Waals surface area contributed by atoms with Crippen LogP contribution < -0.4 is 10.6 Å². The van der Waals surface area contributed by atoms with Gasteiger partial charge in [0.05, 0.1) is 11.9 Å². The van der Waals surface area contributed by atoms with Crippen molar-refractivity contribution in [1.82, 2.24) is 24.5 Å². The van der Waals surface area contributed by atoms with Gasteiger partial charge in [0.25, 0.3) is 0 Å². The van der Waals surface area contributed by atoms with Gasteiger partial charge in [-0.05, 0) is 45.2 Å². The maximum atomic E-state index is 9.90. The van der Waals surface area contributed by atoms with E-state index in [4.69, 9.17) is 14.9 Å². The van der Waals surface area contributed by atoms with Crippen molar-refractivity contribution < 1.29 is 14.3 Å². The van der Waals surface area contributed by atoms with Crippen LogP contribution in [0.3, 0.4) is 0 Å². The van der Waals surface area contributed by atoms with Gasteiger partial charge in [-0.2, -0.15) is 9.50 Å². The van der Waals surface area contributed by atoms with E-state index >= 15 is 0 Å². The summed E-state index contributed by atoms with van der Waals surface area (Å²) in [7, 11) is 1.71. The van der Waals surface area contributed by atoms with Gasteiger partial charge >= 0.3 is 0 Å². The number of fused-ring (bicyclic) bond motifs is 1. The van der Waals surface area contributed by atoms with Crippen LogP contribution in [0.25, 0.3) is 17.2 Å². The first kappa shape index (κ1) is 33.1. The Morgan fingerprint density at radius 1 is 1.18 bits per heavy atom. The van der Waals surface area contributed by atoms with Crippen LogP contribution >= 0.6 is 0 Å². The van der Waals surface area contributed by atoms with E-state index < -0.39 is 5.60 Å². The van der Waals surface area contributed by atoms with Crippen molar-refractivity contribution in [2.45, 2.75) is 66.4 Å². The number of aliphatic hydroxyl groups is 1. The third-order valence-electron chi connectivity index (χ3n) is 5.51. The van der Waals surface area contributed by atoms with Crippen molar-refractivity contribution in [1.29, 1.82) is 0 Å². The highest BCUT2D eigenvalue weighted by molar-refractivity contribution is 5.59. The Labute approximate surface area is 228 Å². The molecular weight excluding hydrogens is 482 g/mol. The summed E-state index contributed by atoms with van der Waals surface area (Å²) in [6.07, 6.45) is 6.43. The lowest BCUT2D eigenvalue weighted by Crippen LogP contribution is -2.47. The predicted octanol–water partition coefficient (Wildman–Crippen LogP) is 4.90. The van der Waals surface area contributed by atoms with E-state index in [2.05, 4.69) is 45.3 Å². The number of ether oxygens (including phenoxy) is 1. The van der Waals surface area contributed by atoms with Crippen LogP contribution in [0.4, 0.5) is 11.8 Å². The van der Waals surface area contributed by atoms with E-state index in [1.54, 1.807) is 19.4 Å². The van der Waals surface area contributed by atoms with Crippen molar-refractivity contribution in [3.63, 3.8) is 0 Å². The quantitative estimate of drug-likeness (QED) is 0.391. The molecule has 3 aromatic heterocycles. The van der Waals surface area contributed by atoms with Gasteiger partial charge in [0.2, 0.25) is 11.8 Å². The normalized spacial score (nSPS) is 13.5. The van der Waals surface area contributed by atoms with E-state index in [0.717, 1.165) is 64.4 Å². The lowest BCUT2D eigenvalue weighted by molar-refractivity contribution is 0.0568. The van der Waals surface area contributed by atoms with Crippen molar-refractivity contribution >= 4 is 17.4 Å². The number of nitrogen functional groups attached to an aromatic ring is 1. The molecule has 0 aliphatic carbocycles. The Balaban J connectivity index is 0.000000563. The second kappa shape index (κ2) is 17.5. The van der Waals surface area contributed by atoms with Gasteiger partial charge in [-0.3, -0.25) is 4.90 Å². The minimum Gasteiger partial charge on any atom is -0.461 e. The molecule has 0 radical (unpaired) electrons. The highest BCUT2D eigenvalue weighted by Crippen LogP contribution is 2.22. The second-order valence-electron chi connectivity index (χ2n) is 9.24. The van der Waals surface area contributed by atoms with Crippen LogP contribution in [0.15, 0.2) is 41.5 Å². The molecule has 0 aromatic carbocycles. The average molecular weight is 532 g/mol. The molecule has 0 spiro atoms. The monoisotopic (exact) mass is 531 g/mol. The Morgan fingerprint density at radius 2 is 1.84 bits per heavy atom. The van der Waals surface area contributed by atoms with E-state index in [1.165, 1.54) is 4.52 Å². The first-order chi connectivity index (χ1) is 18.2. The van der Waals surface area contributed by atoms with E-state index in [9.17, 15) is 5.11 Å². The molecule has 1 aliphatic rings. The maximum absolute atomic E-state index is 9.90. The minimum atomic E-state index is -0.627. The van der Waals surface area contributed by atoms with Crippen molar-refractivity contribution in [2.75, 3.05) is 57.1 Å². The highest BCUT2D eigenvalue weighted by Gasteiger charge is 2.22. The molecule has 3 N–H and O–H groups in total. The summed E-state index contributed by atoms with van der Waals surface area (Å²) in [4.78, 5) is 13.6. The van der Waals surface area contributed by atoms with Gasteiger partial charge < -0.3 is 24.9 Å². The number of allylic oxidation sites excluding steroid dienone is 1. The molecule has 4 rings (SSSR count). The van der Waals surface area contributed by atoms with Gasteiger partial charge in [-0.1, -0.05) is 33.8 Å². The third-order valence-corrected chi connectivity index (χ3v) is 5.51. The zero-order chi connectivity index (χ0) is 28.6. The molecule has 1 aliphatic heterocycles. The van der Waals surface area contributed by atoms with E-state index in [1.807, 2.05) is 45.9 Å². The maximum Gasteiger partial charge on any atom is 0.225 e. The number of aromatic nitrogens is 4. The number of methoxy groups -OCH3 is 1. The first-order valence-electron chi connectivity index (χ1n) is 13.6. The molecule has 1 fully saturated rings. The molecule has 1 saturated heterocycles. The molecule has 4 heterocycles. The summed E-state index contributed by atoms with van der Waals surface area (Å²) in [6, 6.07) is 5.51. The number of rotatable bonds is 8. The predicted molar refractivity (Wildman–Crippen MR) is 156 cm³/mol. The number of anilines is 2. The van der Waals surface area contributed by atoms with Crippen LogP contribution in [-0.4, -0.2) is 81.6 Å². The molecule has 0 atom stereocenters. The molecule has 10 nitrogen and oxygen atoms in total. The molecule has 0 amide bonds. The van der Waals surface area contributed by atoms with Crippen LogP contribution in [0.1, 0.15) is 60.8 Å². The van der Waals surface area contributed by atoms with Gasteiger partial charge in [0.1, 0.15) is 5.82 Å². The molecule has 38 heavy (non-hydrogen) atoms. The van der Waals surface area contributed by atoms with Crippen molar-refractivity contribution in [3.8, 4) is 11.6 Å². The summed E-state index contributed by atoms with van der Waals surface area (Å²) in [6.45, 7) is 20.7. The zero-order valence-electron chi connectivity index (χ0n) is 24.5. The average Bonchev–Trinajstić information content (AvgIpc) is 3.60. The minimum absolute atomic E-state index is 0.303. The lowest BCUT2D eigenvalue weighted by atomic mass is 10.1. The van der Waals surface area contributed by atoms with Gasteiger partial charge in [0.15, 0.2) is 11.4 Å². The summed E-state index contributed by atoms with van der Waals surface area (Å²) in [5.74, 6) is 2.19. The largest absolute Gasteiger partial charge is 0.461 e. The molecule has 0 bridgehead atoms. The van der Waals surface area contributed by atoms with Gasteiger partial charge in [-0.25, -0.2) is 4.98 Å². The lowest BCUT2D eigenvalue weighted by Gasteiger charge is -2.36. The Kier molecular flexibility index (Phi) is 15.3. The Bertz CT molecular complexity index is 1020. The van der Waals surface area contributed by atoms with Crippen LogP contribution in [0.5, 0.6) is 0 Å². The molecule has 10 heteroatoms. The fraction of sp³-hybridized carbons (Fsp3) is 0.607. The first-order valence-corrected chi connectivity index (χ1v) is 13.6. The molecule has 0 unspecified atom stereocenters. The summed E-state index contributed by atoms with van der Waals surface area (Å²) in [5, 5.41) is 14.3. The number of hydrogen-bond donors (Lipinski definition) is 2. The fourth-order valence-corrected chi connectivity index (χ4v) is 3.41. The standard InChI is InChI=1S/C18H25N7O2.C4H10O.C4H8.C2H6/c1-18(2,26)5-6-23-7-9-24(10-8-23)14-12-15-20-16(13-4-3-11-27-13)22-25(15)17(19)21-14;1-3-4-5-2;1-3-4-2;1-2/h3-4,11-12,26H,5-10H2,1-2H3,(H2,19,21);3-4H2,1-2H3;3H,1,4H2,2H3;1-2H3. The summed E-state index contributed by atoms with van der Waals surface area (Å²) in [5.41, 5.74) is 6.13. The molecule has 3 aromatic rings. The van der Waals surface area contributed by atoms with Crippen molar-refractivity contribution in [3.05, 3.63) is 37.1 Å². The molecule has 0 saturated carbocycles. The smallest absolute Gasteiger partial charge is 0.225 e. The van der Waals surface area contributed by atoms with Crippen molar-refractivity contribution in [2.24, 2.45) is 0 Å². The summed E-state index contributed by atoms with van der Waals surface area (Å²) >= 11 is 0. The third kappa shape index (κ3) is 11.2. The molecular formula is C28H49N7O3. The number of hydrogen-bond acceptors (Lipinski definition) is 9. The summed E-state index contributed by atoms with van der Waals surface area (Å²) < 4.78 is 11.6. The second-order valence-corrected chi connectivity index (χ2v) is 9.24. The van der Waals surface area contributed by atoms with E-state index in [-0.39, 0.29) is 0 Å².